The number of amides is 1. The van der Waals surface area contributed by atoms with Crippen LogP contribution < -0.4 is 5.32 Å². The van der Waals surface area contributed by atoms with E-state index in [2.05, 4.69) is 21.4 Å². The Morgan fingerprint density at radius 1 is 1.14 bits per heavy atom. The van der Waals surface area contributed by atoms with Crippen LogP contribution in [0.2, 0.25) is 0 Å². The molecule has 3 aromatic rings. The lowest BCUT2D eigenvalue weighted by Gasteiger charge is -2.35. The van der Waals surface area contributed by atoms with Crippen molar-refractivity contribution >= 4 is 22.6 Å². The zero-order valence-corrected chi connectivity index (χ0v) is 16.2. The second-order valence-electron chi connectivity index (χ2n) is 8.20. The van der Waals surface area contributed by atoms with Crippen molar-refractivity contribution < 1.29 is 9.90 Å². The number of aliphatic hydroxyl groups is 1. The smallest absolute Gasteiger partial charge is 0.242 e. The Morgan fingerprint density at radius 2 is 1.97 bits per heavy atom. The average molecular weight is 391 g/mol. The van der Waals surface area contributed by atoms with Crippen molar-refractivity contribution in [2.75, 3.05) is 18.4 Å². The van der Waals surface area contributed by atoms with Gasteiger partial charge in [-0.2, -0.15) is 0 Å². The minimum absolute atomic E-state index is 0.0589. The minimum Gasteiger partial charge on any atom is -0.391 e. The maximum atomic E-state index is 13.0. The van der Waals surface area contributed by atoms with E-state index in [1.54, 1.807) is 18.6 Å². The summed E-state index contributed by atoms with van der Waals surface area (Å²) in [7, 11) is 0. The van der Waals surface area contributed by atoms with E-state index in [0.717, 1.165) is 30.4 Å². The molecule has 7 heteroatoms. The van der Waals surface area contributed by atoms with Crippen LogP contribution in [0.5, 0.6) is 0 Å². The number of hydrogen-bond acceptors (Lipinski definition) is 5. The molecule has 2 N–H and O–H groups in total. The Labute approximate surface area is 169 Å². The fraction of sp³-hybridized carbons (Fsp3) is 0.409. The van der Waals surface area contributed by atoms with Crippen molar-refractivity contribution in [3.63, 3.8) is 0 Å². The average Bonchev–Trinajstić information content (AvgIpc) is 3.33. The molecule has 1 amide bonds. The molecule has 1 saturated carbocycles. The zero-order chi connectivity index (χ0) is 19.8. The first kappa shape index (κ1) is 18.1. The molecule has 1 aliphatic heterocycles. The molecule has 1 aliphatic carbocycles. The molecule has 2 aliphatic rings. The van der Waals surface area contributed by atoms with Gasteiger partial charge in [0.15, 0.2) is 0 Å². The number of para-hydroxylation sites is 1. The van der Waals surface area contributed by atoms with Gasteiger partial charge in [0, 0.05) is 37.2 Å². The first-order valence-corrected chi connectivity index (χ1v) is 10.2. The second-order valence-corrected chi connectivity index (χ2v) is 8.20. The molecule has 0 radical (unpaired) electrons. The number of hydrogen-bond donors (Lipinski definition) is 2. The van der Waals surface area contributed by atoms with Crippen molar-refractivity contribution in [2.45, 2.75) is 31.5 Å². The van der Waals surface area contributed by atoms with Gasteiger partial charge >= 0.3 is 0 Å². The highest BCUT2D eigenvalue weighted by Gasteiger charge is 2.43. The Kier molecular flexibility index (Phi) is 4.67. The van der Waals surface area contributed by atoms with E-state index in [1.807, 2.05) is 39.9 Å². The third kappa shape index (κ3) is 3.58. The van der Waals surface area contributed by atoms with E-state index >= 15 is 0 Å². The summed E-state index contributed by atoms with van der Waals surface area (Å²) < 4.78 is 2.02. The number of carbonyl (C=O) groups excluding carboxylic acids is 1. The summed E-state index contributed by atoms with van der Waals surface area (Å²) in [5.74, 6) is 1.59. The Hall–Kier alpha value is -2.93. The maximum absolute atomic E-state index is 13.0. The molecule has 150 valence electrons. The van der Waals surface area contributed by atoms with Gasteiger partial charge in [-0.3, -0.25) is 9.78 Å². The van der Waals surface area contributed by atoms with E-state index < -0.39 is 6.10 Å². The van der Waals surface area contributed by atoms with Gasteiger partial charge in [-0.05, 0) is 42.2 Å². The zero-order valence-electron chi connectivity index (χ0n) is 16.2. The number of likely N-dealkylation sites (tertiary alicyclic amines) is 1. The number of aliphatic hydroxyl groups excluding tert-OH is 1. The topological polar surface area (TPSA) is 83.3 Å². The molecule has 1 saturated heterocycles. The van der Waals surface area contributed by atoms with Crippen LogP contribution in [-0.4, -0.2) is 55.7 Å². The van der Waals surface area contributed by atoms with Crippen LogP contribution in [0, 0.1) is 11.8 Å². The summed E-state index contributed by atoms with van der Waals surface area (Å²) in [5.41, 5.74) is 1.08. The summed E-state index contributed by atoms with van der Waals surface area (Å²) >= 11 is 0. The molecule has 0 unspecified atom stereocenters. The molecular formula is C22H25N5O2. The molecule has 4 atom stereocenters. The number of benzene rings is 1. The van der Waals surface area contributed by atoms with Crippen molar-refractivity contribution in [3.8, 4) is 0 Å². The quantitative estimate of drug-likeness (QED) is 0.712. The molecule has 29 heavy (non-hydrogen) atoms. The number of nitrogens with zero attached hydrogens (tertiary/aromatic N) is 4. The van der Waals surface area contributed by atoms with Crippen LogP contribution in [0.3, 0.4) is 0 Å². The van der Waals surface area contributed by atoms with Crippen molar-refractivity contribution in [1.82, 2.24) is 19.4 Å². The monoisotopic (exact) mass is 391 g/mol. The Balaban J connectivity index is 1.24. The number of rotatable bonds is 4. The number of nitrogens with one attached hydrogen (secondary N) is 1. The fourth-order valence-corrected chi connectivity index (χ4v) is 4.88. The van der Waals surface area contributed by atoms with E-state index in [4.69, 9.17) is 0 Å². The standard InChI is InChI=1S/C22H25N5O2/c28-20-10-17-13-27(12-16(17)9-18(20)25-21-11-23-6-7-24-21)22(29)14-26-8-5-15-3-1-2-4-19(15)26/h1-8,11,16-18,20,28H,9-10,12-14H2,(H,24,25)/t16-,17+,18-,20-/m1/s1. The van der Waals surface area contributed by atoms with Crippen LogP contribution >= 0.6 is 0 Å². The molecule has 1 aromatic carbocycles. The first-order valence-electron chi connectivity index (χ1n) is 10.2. The number of fused-ring (bicyclic) bond motifs is 2. The maximum Gasteiger partial charge on any atom is 0.242 e. The fourth-order valence-electron chi connectivity index (χ4n) is 4.88. The van der Waals surface area contributed by atoms with Gasteiger partial charge in [-0.15, -0.1) is 0 Å². The third-order valence-corrected chi connectivity index (χ3v) is 6.38. The normalized spacial score (nSPS) is 26.4. The number of anilines is 1. The summed E-state index contributed by atoms with van der Waals surface area (Å²) in [6.07, 6.45) is 8.02. The van der Waals surface area contributed by atoms with Gasteiger partial charge in [0.2, 0.25) is 5.91 Å². The lowest BCUT2D eigenvalue weighted by Crippen LogP contribution is -2.43. The summed E-state index contributed by atoms with van der Waals surface area (Å²) in [5, 5.41) is 15.1. The largest absolute Gasteiger partial charge is 0.391 e. The van der Waals surface area contributed by atoms with Crippen LogP contribution in [0.4, 0.5) is 5.82 Å². The summed E-state index contributed by atoms with van der Waals surface area (Å²) in [6.45, 7) is 1.85. The molecule has 0 spiro atoms. The van der Waals surface area contributed by atoms with E-state index in [1.165, 1.54) is 0 Å². The highest BCUT2D eigenvalue weighted by molar-refractivity contribution is 5.83. The van der Waals surface area contributed by atoms with Gasteiger partial charge in [0.05, 0.1) is 18.3 Å². The molecule has 5 rings (SSSR count). The van der Waals surface area contributed by atoms with Gasteiger partial charge in [0.25, 0.3) is 0 Å². The molecule has 7 nitrogen and oxygen atoms in total. The molecule has 2 fully saturated rings. The summed E-state index contributed by atoms with van der Waals surface area (Å²) in [4.78, 5) is 23.3. The van der Waals surface area contributed by atoms with Crippen molar-refractivity contribution in [2.24, 2.45) is 11.8 Å². The van der Waals surface area contributed by atoms with Crippen molar-refractivity contribution in [3.05, 3.63) is 55.1 Å². The van der Waals surface area contributed by atoms with Gasteiger partial charge < -0.3 is 19.9 Å². The molecule has 2 aromatic heterocycles. The Bertz CT molecular complexity index is 1000. The van der Waals surface area contributed by atoms with Gasteiger partial charge in [-0.25, -0.2) is 4.98 Å². The molecule has 3 heterocycles. The Morgan fingerprint density at radius 3 is 2.79 bits per heavy atom. The summed E-state index contributed by atoms with van der Waals surface area (Å²) in [6, 6.07) is 10.1. The number of carbonyl (C=O) groups is 1. The van der Waals surface area contributed by atoms with Crippen LogP contribution in [0.15, 0.2) is 55.1 Å². The number of aromatic nitrogens is 3. The predicted molar refractivity (Wildman–Crippen MR) is 110 cm³/mol. The lowest BCUT2D eigenvalue weighted by molar-refractivity contribution is -0.130. The predicted octanol–water partition coefficient (Wildman–Crippen LogP) is 2.14. The first-order chi connectivity index (χ1) is 14.2. The SMILES string of the molecule is O=C(Cn1ccc2ccccc21)N1C[C@H]2C[C@@H](Nc3cnccn3)[C@H](O)C[C@H]2C1. The van der Waals surface area contributed by atoms with E-state index in [-0.39, 0.29) is 11.9 Å². The molecular weight excluding hydrogens is 366 g/mol. The highest BCUT2D eigenvalue weighted by atomic mass is 16.3. The minimum atomic E-state index is -0.443. The van der Waals surface area contributed by atoms with Gasteiger partial charge in [0.1, 0.15) is 12.4 Å². The van der Waals surface area contributed by atoms with Crippen LogP contribution in [0.1, 0.15) is 12.8 Å². The van der Waals surface area contributed by atoms with E-state index in [0.29, 0.717) is 30.6 Å². The van der Waals surface area contributed by atoms with Crippen LogP contribution in [-0.2, 0) is 11.3 Å². The van der Waals surface area contributed by atoms with E-state index in [9.17, 15) is 9.90 Å². The van der Waals surface area contributed by atoms with Crippen LogP contribution in [0.25, 0.3) is 10.9 Å². The lowest BCUT2D eigenvalue weighted by atomic mass is 9.77. The second kappa shape index (κ2) is 7.48. The molecule has 0 bridgehead atoms. The highest BCUT2D eigenvalue weighted by Crippen LogP contribution is 2.37. The van der Waals surface area contributed by atoms with Crippen molar-refractivity contribution in [1.29, 1.82) is 0 Å². The third-order valence-electron chi connectivity index (χ3n) is 6.38. The van der Waals surface area contributed by atoms with Gasteiger partial charge in [-0.1, -0.05) is 18.2 Å².